The summed E-state index contributed by atoms with van der Waals surface area (Å²) in [5.41, 5.74) is 1.29. The first kappa shape index (κ1) is 14.4. The predicted molar refractivity (Wildman–Crippen MR) is 86.2 cm³/mol. The molecule has 0 N–H and O–H groups in total. The van der Waals surface area contributed by atoms with Gasteiger partial charge in [0.25, 0.3) is 0 Å². The van der Waals surface area contributed by atoms with Gasteiger partial charge in [-0.25, -0.2) is 0 Å². The monoisotopic (exact) mass is 298 g/mol. The highest BCUT2D eigenvalue weighted by Gasteiger charge is 2.59. The van der Waals surface area contributed by atoms with E-state index in [9.17, 15) is 9.59 Å². The maximum absolute atomic E-state index is 12.4. The Morgan fingerprint density at radius 2 is 1.86 bits per heavy atom. The van der Waals surface area contributed by atoms with E-state index in [2.05, 4.69) is 32.9 Å². The third kappa shape index (κ3) is 1.62. The summed E-state index contributed by atoms with van der Waals surface area (Å²) in [6, 6.07) is 0. The molecule has 0 bridgehead atoms. The Hall–Kier alpha value is -1.18. The molecule has 0 spiro atoms. The molecule has 0 saturated heterocycles. The van der Waals surface area contributed by atoms with Crippen molar-refractivity contribution in [1.29, 1.82) is 0 Å². The smallest absolute Gasteiger partial charge is 0.156 e. The molecule has 6 atom stereocenters. The SMILES string of the molecule is CC1=CC(=O)CC2C=C[C@@H]3[C@H](CC[C@]4(C)C(=O)CC[C@@H]34)[C@@]12C. The van der Waals surface area contributed by atoms with Crippen molar-refractivity contribution in [2.75, 3.05) is 0 Å². The molecule has 0 aliphatic heterocycles. The number of rotatable bonds is 0. The van der Waals surface area contributed by atoms with Crippen LogP contribution < -0.4 is 0 Å². The van der Waals surface area contributed by atoms with Crippen LogP contribution in [-0.4, -0.2) is 11.6 Å². The highest BCUT2D eigenvalue weighted by Crippen LogP contribution is 2.63. The van der Waals surface area contributed by atoms with Crippen molar-refractivity contribution in [1.82, 2.24) is 0 Å². The summed E-state index contributed by atoms with van der Waals surface area (Å²) in [7, 11) is 0. The Morgan fingerprint density at radius 1 is 1.09 bits per heavy atom. The lowest BCUT2D eigenvalue weighted by Gasteiger charge is -2.56. The summed E-state index contributed by atoms with van der Waals surface area (Å²) in [5.74, 6) is 2.74. The number of fused-ring (bicyclic) bond motifs is 5. The number of allylic oxidation sites excluding steroid dienone is 4. The molecule has 0 aromatic rings. The van der Waals surface area contributed by atoms with E-state index < -0.39 is 0 Å². The summed E-state index contributed by atoms with van der Waals surface area (Å²) in [6.07, 6.45) is 11.2. The first-order valence-electron chi connectivity index (χ1n) is 8.80. The van der Waals surface area contributed by atoms with Crippen LogP contribution in [0.25, 0.3) is 0 Å². The van der Waals surface area contributed by atoms with Gasteiger partial charge in [0.2, 0.25) is 0 Å². The lowest BCUT2D eigenvalue weighted by atomic mass is 9.47. The van der Waals surface area contributed by atoms with Gasteiger partial charge in [0.15, 0.2) is 5.78 Å². The maximum Gasteiger partial charge on any atom is 0.156 e. The Kier molecular flexibility index (Phi) is 2.90. The van der Waals surface area contributed by atoms with Crippen molar-refractivity contribution in [2.45, 2.75) is 52.9 Å². The fourth-order valence-electron chi connectivity index (χ4n) is 6.21. The zero-order chi connectivity index (χ0) is 15.7. The molecule has 0 heterocycles. The lowest BCUT2D eigenvalue weighted by molar-refractivity contribution is -0.131. The molecule has 2 nitrogen and oxygen atoms in total. The Labute approximate surface area is 133 Å². The van der Waals surface area contributed by atoms with Crippen LogP contribution in [0.3, 0.4) is 0 Å². The highest BCUT2D eigenvalue weighted by atomic mass is 16.1. The summed E-state index contributed by atoms with van der Waals surface area (Å²) < 4.78 is 0. The molecular formula is C20H26O2. The van der Waals surface area contributed by atoms with Gasteiger partial charge in [0.1, 0.15) is 5.78 Å². The molecule has 0 aromatic carbocycles. The average Bonchev–Trinajstić information content (AvgIpc) is 2.77. The van der Waals surface area contributed by atoms with Gasteiger partial charge in [-0.2, -0.15) is 0 Å². The van der Waals surface area contributed by atoms with Crippen molar-refractivity contribution >= 4 is 11.6 Å². The summed E-state index contributed by atoms with van der Waals surface area (Å²) >= 11 is 0. The Morgan fingerprint density at radius 3 is 2.64 bits per heavy atom. The largest absolute Gasteiger partial charge is 0.299 e. The van der Waals surface area contributed by atoms with Crippen LogP contribution in [-0.2, 0) is 9.59 Å². The Bertz CT molecular complexity index is 613. The molecule has 118 valence electrons. The fourth-order valence-corrected chi connectivity index (χ4v) is 6.21. The van der Waals surface area contributed by atoms with Crippen LogP contribution in [0.15, 0.2) is 23.8 Å². The maximum atomic E-state index is 12.4. The van der Waals surface area contributed by atoms with Crippen molar-refractivity contribution in [2.24, 2.45) is 34.5 Å². The van der Waals surface area contributed by atoms with Crippen LogP contribution >= 0.6 is 0 Å². The van der Waals surface area contributed by atoms with E-state index in [0.29, 0.717) is 35.9 Å². The van der Waals surface area contributed by atoms with E-state index in [4.69, 9.17) is 0 Å². The average molecular weight is 298 g/mol. The van der Waals surface area contributed by atoms with E-state index >= 15 is 0 Å². The standard InChI is InChI=1S/C20H26O2/c1-12-10-14(21)11-13-4-5-15-16-6-7-18(22)19(16,2)9-8-17(15)20(12,13)3/h4-5,10,13,15-17H,6-9,11H2,1-3H3/t13?,15-,16-,17-,19-,20-/m0/s1. The molecule has 0 aromatic heterocycles. The zero-order valence-electron chi connectivity index (χ0n) is 13.9. The number of carbonyl (C=O) groups is 2. The van der Waals surface area contributed by atoms with E-state index in [1.165, 1.54) is 5.57 Å². The minimum atomic E-state index is -0.0865. The van der Waals surface area contributed by atoms with E-state index in [-0.39, 0.29) is 16.6 Å². The van der Waals surface area contributed by atoms with Crippen molar-refractivity contribution in [3.05, 3.63) is 23.8 Å². The van der Waals surface area contributed by atoms with Gasteiger partial charge in [-0.1, -0.05) is 31.6 Å². The molecule has 22 heavy (non-hydrogen) atoms. The van der Waals surface area contributed by atoms with Crippen LogP contribution in [0.4, 0.5) is 0 Å². The normalized spacial score (nSPS) is 50.2. The highest BCUT2D eigenvalue weighted by molar-refractivity contribution is 5.92. The second-order valence-corrected chi connectivity index (χ2v) is 8.48. The summed E-state index contributed by atoms with van der Waals surface area (Å²) in [4.78, 5) is 24.3. The van der Waals surface area contributed by atoms with Gasteiger partial charge in [-0.05, 0) is 61.3 Å². The van der Waals surface area contributed by atoms with E-state index in [1.807, 2.05) is 6.08 Å². The second kappa shape index (κ2) is 4.43. The van der Waals surface area contributed by atoms with Gasteiger partial charge >= 0.3 is 0 Å². The van der Waals surface area contributed by atoms with Crippen molar-refractivity contribution in [3.8, 4) is 0 Å². The molecule has 4 aliphatic carbocycles. The third-order valence-electron chi connectivity index (χ3n) is 7.80. The van der Waals surface area contributed by atoms with E-state index in [1.54, 1.807) is 0 Å². The first-order chi connectivity index (χ1) is 10.4. The van der Waals surface area contributed by atoms with Gasteiger partial charge < -0.3 is 0 Å². The van der Waals surface area contributed by atoms with Gasteiger partial charge in [0.05, 0.1) is 0 Å². The van der Waals surface area contributed by atoms with Crippen LogP contribution in [0, 0.1) is 34.5 Å². The molecule has 4 aliphatic rings. The van der Waals surface area contributed by atoms with Crippen LogP contribution in [0.2, 0.25) is 0 Å². The molecule has 4 rings (SSSR count). The van der Waals surface area contributed by atoms with Gasteiger partial charge in [-0.15, -0.1) is 0 Å². The number of ketones is 2. The number of hydrogen-bond donors (Lipinski definition) is 0. The molecule has 2 fully saturated rings. The molecule has 1 unspecified atom stereocenters. The molecule has 0 amide bonds. The van der Waals surface area contributed by atoms with E-state index in [0.717, 1.165) is 25.7 Å². The van der Waals surface area contributed by atoms with Crippen molar-refractivity contribution < 1.29 is 9.59 Å². The van der Waals surface area contributed by atoms with Crippen LogP contribution in [0.1, 0.15) is 52.9 Å². The zero-order valence-corrected chi connectivity index (χ0v) is 13.9. The Balaban J connectivity index is 1.77. The minimum Gasteiger partial charge on any atom is -0.299 e. The van der Waals surface area contributed by atoms with Crippen molar-refractivity contribution in [3.63, 3.8) is 0 Å². The molecular weight excluding hydrogens is 272 g/mol. The fraction of sp³-hybridized carbons (Fsp3) is 0.700. The molecule has 2 heteroatoms. The number of carbonyl (C=O) groups excluding carboxylic acids is 2. The van der Waals surface area contributed by atoms with Gasteiger partial charge in [-0.3, -0.25) is 9.59 Å². The minimum absolute atomic E-state index is 0.0865. The predicted octanol–water partition coefficient (Wildman–Crippen LogP) is 4.11. The topological polar surface area (TPSA) is 34.1 Å². The molecule has 0 radical (unpaired) electrons. The van der Waals surface area contributed by atoms with Crippen LogP contribution in [0.5, 0.6) is 0 Å². The second-order valence-electron chi connectivity index (χ2n) is 8.48. The number of hydrogen-bond acceptors (Lipinski definition) is 2. The summed E-state index contributed by atoms with van der Waals surface area (Å²) in [5, 5.41) is 0. The molecule has 2 saturated carbocycles. The summed E-state index contributed by atoms with van der Waals surface area (Å²) in [6.45, 7) is 6.73. The quantitative estimate of drug-likeness (QED) is 0.631. The van der Waals surface area contributed by atoms with Gasteiger partial charge in [0, 0.05) is 18.3 Å². The first-order valence-corrected chi connectivity index (χ1v) is 8.80. The third-order valence-corrected chi connectivity index (χ3v) is 7.80. The lowest BCUT2D eigenvalue weighted by Crippen LogP contribution is -2.51. The number of Topliss-reactive ketones (excluding diaryl/α,β-unsaturated/α-hetero) is 1.